The Morgan fingerprint density at radius 1 is 0.943 bits per heavy atom. The van der Waals surface area contributed by atoms with E-state index in [0.29, 0.717) is 11.4 Å². The van der Waals surface area contributed by atoms with Crippen molar-refractivity contribution in [1.82, 2.24) is 4.90 Å². The Hall–Kier alpha value is -4.11. The average molecular weight is 495 g/mol. The molecule has 1 aromatic heterocycles. The molecule has 0 spiro atoms. The number of amides is 2. The monoisotopic (exact) mass is 494 g/mol. The normalized spacial score (nSPS) is 11.1. The second kappa shape index (κ2) is 10.4. The smallest absolute Gasteiger partial charge is 0.339 e. The number of carbonyl (C=O) groups is 1. The van der Waals surface area contributed by atoms with Gasteiger partial charge in [0, 0.05) is 12.2 Å². The van der Waals surface area contributed by atoms with Crippen molar-refractivity contribution in [2.45, 2.75) is 24.9 Å². The van der Waals surface area contributed by atoms with Crippen molar-refractivity contribution in [1.29, 1.82) is 0 Å². The van der Waals surface area contributed by atoms with E-state index in [2.05, 4.69) is 5.32 Å². The van der Waals surface area contributed by atoms with Gasteiger partial charge in [-0.3, -0.25) is 0 Å². The zero-order valence-electron chi connectivity index (χ0n) is 18.8. The summed E-state index contributed by atoms with van der Waals surface area (Å²) in [4.78, 5) is 14.5. The lowest BCUT2D eigenvalue weighted by Crippen LogP contribution is -2.34. The highest BCUT2D eigenvalue weighted by Gasteiger charge is 2.19. The van der Waals surface area contributed by atoms with Gasteiger partial charge in [0.1, 0.15) is 22.2 Å². The lowest BCUT2D eigenvalue weighted by molar-refractivity contribution is 0.201. The number of halogens is 1. The first-order valence-corrected chi connectivity index (χ1v) is 12.1. The van der Waals surface area contributed by atoms with Gasteiger partial charge in [-0.2, -0.15) is 8.42 Å². The molecule has 0 bridgehead atoms. The summed E-state index contributed by atoms with van der Waals surface area (Å²) in [6.07, 6.45) is 1.54. The molecule has 4 rings (SSSR count). The zero-order valence-corrected chi connectivity index (χ0v) is 19.7. The Labute approximate surface area is 202 Å². The molecule has 0 atom stereocenters. The molecular formula is C26H23FN2O5S. The van der Waals surface area contributed by atoms with Gasteiger partial charge in [-0.1, -0.05) is 30.3 Å². The van der Waals surface area contributed by atoms with E-state index in [1.165, 1.54) is 12.1 Å². The molecule has 3 aromatic carbocycles. The van der Waals surface area contributed by atoms with Crippen LogP contribution >= 0.6 is 0 Å². The van der Waals surface area contributed by atoms with Gasteiger partial charge < -0.3 is 18.8 Å². The second-order valence-electron chi connectivity index (χ2n) is 7.82. The van der Waals surface area contributed by atoms with Crippen LogP contribution in [0.4, 0.5) is 14.9 Å². The highest BCUT2D eigenvalue weighted by molar-refractivity contribution is 7.87. The van der Waals surface area contributed by atoms with E-state index in [4.69, 9.17) is 8.60 Å². The lowest BCUT2D eigenvalue weighted by atomic mass is 10.2. The summed E-state index contributed by atoms with van der Waals surface area (Å²) in [7, 11) is -4.11. The summed E-state index contributed by atoms with van der Waals surface area (Å²) >= 11 is 0. The van der Waals surface area contributed by atoms with Crippen LogP contribution in [-0.4, -0.2) is 19.3 Å². The SMILES string of the molecule is Cc1ccccc1NC(=O)N(Cc1ccc(OS(=O)(=O)c2ccc(F)cc2)cc1)Cc1ccco1. The van der Waals surface area contributed by atoms with Crippen molar-refractivity contribution in [2.24, 2.45) is 0 Å². The van der Waals surface area contributed by atoms with Gasteiger partial charge in [-0.05, 0) is 72.6 Å². The quantitative estimate of drug-likeness (QED) is 0.316. The van der Waals surface area contributed by atoms with Gasteiger partial charge in [0.15, 0.2) is 0 Å². The molecule has 0 aliphatic carbocycles. The number of benzene rings is 3. The molecule has 180 valence electrons. The molecule has 4 aromatic rings. The van der Waals surface area contributed by atoms with Crippen LogP contribution in [0.3, 0.4) is 0 Å². The minimum atomic E-state index is -4.11. The van der Waals surface area contributed by atoms with Crippen LogP contribution in [0.5, 0.6) is 5.75 Å². The van der Waals surface area contributed by atoms with Crippen molar-refractivity contribution in [3.8, 4) is 5.75 Å². The minimum absolute atomic E-state index is 0.0972. The van der Waals surface area contributed by atoms with E-state index in [-0.39, 0.29) is 29.8 Å². The number of furan rings is 1. The van der Waals surface area contributed by atoms with Crippen LogP contribution in [0.2, 0.25) is 0 Å². The summed E-state index contributed by atoms with van der Waals surface area (Å²) in [5.74, 6) is 0.175. The molecule has 0 aliphatic rings. The summed E-state index contributed by atoms with van der Waals surface area (Å²) in [6, 6.07) is 21.4. The van der Waals surface area contributed by atoms with Crippen LogP contribution in [0, 0.1) is 12.7 Å². The third-order valence-corrected chi connectivity index (χ3v) is 6.47. The fourth-order valence-corrected chi connectivity index (χ4v) is 4.27. The molecule has 0 fully saturated rings. The van der Waals surface area contributed by atoms with Gasteiger partial charge in [-0.15, -0.1) is 0 Å². The molecule has 0 aliphatic heterocycles. The molecule has 1 N–H and O–H groups in total. The molecule has 0 unspecified atom stereocenters. The Kier molecular flexibility index (Phi) is 7.17. The second-order valence-corrected chi connectivity index (χ2v) is 9.36. The zero-order chi connectivity index (χ0) is 24.8. The van der Waals surface area contributed by atoms with Gasteiger partial charge in [0.2, 0.25) is 0 Å². The third-order valence-electron chi connectivity index (χ3n) is 5.21. The van der Waals surface area contributed by atoms with E-state index in [9.17, 15) is 17.6 Å². The number of hydrogen-bond donors (Lipinski definition) is 1. The van der Waals surface area contributed by atoms with Crippen LogP contribution in [-0.2, 0) is 23.2 Å². The Bertz CT molecular complexity index is 1390. The largest absolute Gasteiger partial charge is 0.467 e. The van der Waals surface area contributed by atoms with E-state index < -0.39 is 15.9 Å². The average Bonchev–Trinajstić information content (AvgIpc) is 3.35. The van der Waals surface area contributed by atoms with Gasteiger partial charge >= 0.3 is 16.1 Å². The minimum Gasteiger partial charge on any atom is -0.467 e. The molecule has 35 heavy (non-hydrogen) atoms. The van der Waals surface area contributed by atoms with Gasteiger partial charge in [0.05, 0.1) is 12.8 Å². The standard InChI is InChI=1S/C26H23FN2O5S/c1-19-5-2-3-7-25(19)28-26(30)29(18-23-6-4-16-33-23)17-20-8-12-22(13-9-20)34-35(31,32)24-14-10-21(27)11-15-24/h2-16H,17-18H2,1H3,(H,28,30). The maximum absolute atomic E-state index is 13.1. The van der Waals surface area contributed by atoms with Crippen molar-refractivity contribution >= 4 is 21.8 Å². The number of nitrogens with one attached hydrogen (secondary N) is 1. The van der Waals surface area contributed by atoms with Crippen LogP contribution in [0.25, 0.3) is 0 Å². The first-order valence-electron chi connectivity index (χ1n) is 10.7. The molecule has 2 amide bonds. The first kappa shape index (κ1) is 24.0. The van der Waals surface area contributed by atoms with Gasteiger partial charge in [0.25, 0.3) is 0 Å². The topological polar surface area (TPSA) is 88.9 Å². The van der Waals surface area contributed by atoms with E-state index in [0.717, 1.165) is 35.4 Å². The molecule has 1 heterocycles. The summed E-state index contributed by atoms with van der Waals surface area (Å²) in [6.45, 7) is 2.39. The number of urea groups is 1. The predicted octanol–water partition coefficient (Wildman–Crippen LogP) is 5.73. The fraction of sp³-hybridized carbons (Fsp3) is 0.115. The lowest BCUT2D eigenvalue weighted by Gasteiger charge is -2.23. The number of aryl methyl sites for hydroxylation is 1. The summed E-state index contributed by atoms with van der Waals surface area (Å²) in [5.41, 5.74) is 2.39. The first-order chi connectivity index (χ1) is 16.8. The maximum atomic E-state index is 13.1. The summed E-state index contributed by atoms with van der Waals surface area (Å²) in [5, 5.41) is 2.92. The Morgan fingerprint density at radius 3 is 2.31 bits per heavy atom. The molecule has 9 heteroatoms. The van der Waals surface area contributed by atoms with Crippen molar-refractivity contribution < 1.29 is 26.2 Å². The molecular weight excluding hydrogens is 471 g/mol. The van der Waals surface area contributed by atoms with Crippen molar-refractivity contribution in [3.63, 3.8) is 0 Å². The van der Waals surface area contributed by atoms with Crippen LogP contribution in [0.15, 0.2) is 101 Å². The highest BCUT2D eigenvalue weighted by Crippen LogP contribution is 2.21. The van der Waals surface area contributed by atoms with E-state index in [1.54, 1.807) is 35.4 Å². The van der Waals surface area contributed by atoms with Crippen molar-refractivity contribution in [3.05, 3.63) is 114 Å². The number of hydrogen-bond acceptors (Lipinski definition) is 5. The molecule has 0 radical (unpaired) electrons. The van der Waals surface area contributed by atoms with Gasteiger partial charge in [-0.25, -0.2) is 9.18 Å². The number of rotatable bonds is 8. The molecule has 0 saturated carbocycles. The maximum Gasteiger partial charge on any atom is 0.339 e. The van der Waals surface area contributed by atoms with E-state index in [1.807, 2.05) is 31.2 Å². The number of nitrogens with zero attached hydrogens (tertiary/aromatic N) is 1. The Morgan fingerprint density at radius 2 is 1.66 bits per heavy atom. The van der Waals surface area contributed by atoms with Crippen molar-refractivity contribution in [2.75, 3.05) is 5.32 Å². The highest BCUT2D eigenvalue weighted by atomic mass is 32.2. The Balaban J connectivity index is 1.48. The summed E-state index contributed by atoms with van der Waals surface area (Å²) < 4.78 is 48.5. The van der Waals surface area contributed by atoms with Crippen LogP contribution in [0.1, 0.15) is 16.9 Å². The number of anilines is 1. The van der Waals surface area contributed by atoms with E-state index >= 15 is 0 Å². The van der Waals surface area contributed by atoms with Crippen LogP contribution < -0.4 is 9.50 Å². The molecule has 7 nitrogen and oxygen atoms in total. The number of para-hydroxylation sites is 1. The third kappa shape index (κ3) is 6.27. The molecule has 0 saturated heterocycles. The number of carbonyl (C=O) groups excluding carboxylic acids is 1. The predicted molar refractivity (Wildman–Crippen MR) is 129 cm³/mol. The fourth-order valence-electron chi connectivity index (χ4n) is 3.34.